The molecule has 1 aliphatic rings. The van der Waals surface area contributed by atoms with Crippen molar-refractivity contribution in [3.05, 3.63) is 60.2 Å². The van der Waals surface area contributed by atoms with Crippen LogP contribution in [0.25, 0.3) is 11.1 Å². The molecule has 2 aromatic carbocycles. The van der Waals surface area contributed by atoms with Crippen LogP contribution in [0.5, 0.6) is 0 Å². The third kappa shape index (κ3) is 13.4. The number of nitrogens with one attached hydrogen (secondary N) is 2. The molecule has 1 saturated heterocycles. The maximum atomic E-state index is 12.7. The standard InChI is InChI=1S/C37H56N2O10/c1-2-29(41)32(43)28(24-48-37-35(46)34(45)33(44)30(23-40)49-37)39-31(42)17-13-8-6-4-3-5-7-9-14-22-38-36(47)27-20-18-26(19-21-27)25-15-11-10-12-16-25/h10-12,15-16,18-21,28-30,32-35,37,40-41,43-46H,2-9,13-14,17,22-24H2,1H3,(H,38,47)(H,39,42)/t28-,29+,30?,32-,33-,34?,35?,37-/m0/s1. The molecule has 3 unspecified atom stereocenters. The third-order valence-electron chi connectivity index (χ3n) is 8.98. The summed E-state index contributed by atoms with van der Waals surface area (Å²) in [6.07, 6.45) is -0.493. The van der Waals surface area contributed by atoms with Crippen molar-refractivity contribution < 1.29 is 49.7 Å². The van der Waals surface area contributed by atoms with Gasteiger partial charge in [0.25, 0.3) is 5.91 Å². The monoisotopic (exact) mass is 688 g/mol. The molecule has 0 aliphatic carbocycles. The van der Waals surface area contributed by atoms with Crippen molar-refractivity contribution in [3.8, 4) is 11.1 Å². The number of carbonyl (C=O) groups excluding carboxylic acids is 2. The number of aliphatic hydroxyl groups is 6. The van der Waals surface area contributed by atoms with Crippen LogP contribution >= 0.6 is 0 Å². The molecule has 8 N–H and O–H groups in total. The number of carbonyl (C=O) groups is 2. The molecule has 1 heterocycles. The van der Waals surface area contributed by atoms with Gasteiger partial charge >= 0.3 is 0 Å². The zero-order chi connectivity index (χ0) is 35.6. The summed E-state index contributed by atoms with van der Waals surface area (Å²) in [6.45, 7) is 1.37. The van der Waals surface area contributed by atoms with Gasteiger partial charge in [-0.1, -0.05) is 94.3 Å². The summed E-state index contributed by atoms with van der Waals surface area (Å²) in [4.78, 5) is 25.1. The van der Waals surface area contributed by atoms with Gasteiger partial charge in [-0.25, -0.2) is 0 Å². The number of unbranched alkanes of at least 4 members (excludes halogenated alkanes) is 8. The fourth-order valence-corrected chi connectivity index (χ4v) is 5.81. The Kier molecular flexibility index (Phi) is 18.2. The van der Waals surface area contributed by atoms with Gasteiger partial charge in [0.05, 0.1) is 25.4 Å². The van der Waals surface area contributed by atoms with Gasteiger partial charge in [0, 0.05) is 18.5 Å². The van der Waals surface area contributed by atoms with Crippen molar-refractivity contribution in [2.75, 3.05) is 19.8 Å². The number of aliphatic hydroxyl groups excluding tert-OH is 6. The summed E-state index contributed by atoms with van der Waals surface area (Å²) in [5.74, 6) is -0.374. The Morgan fingerprint density at radius 2 is 1.39 bits per heavy atom. The number of rotatable bonds is 22. The van der Waals surface area contributed by atoms with Gasteiger partial charge in [-0.3, -0.25) is 9.59 Å². The van der Waals surface area contributed by atoms with Crippen LogP contribution in [0, 0.1) is 0 Å². The highest BCUT2D eigenvalue weighted by Gasteiger charge is 2.44. The fourth-order valence-electron chi connectivity index (χ4n) is 5.81. The third-order valence-corrected chi connectivity index (χ3v) is 8.98. The second-order valence-corrected chi connectivity index (χ2v) is 12.8. The summed E-state index contributed by atoms with van der Waals surface area (Å²) >= 11 is 0. The van der Waals surface area contributed by atoms with E-state index < -0.39 is 55.6 Å². The number of hydrogen-bond donors (Lipinski definition) is 8. The molecule has 0 radical (unpaired) electrons. The number of hydrogen-bond acceptors (Lipinski definition) is 10. The Morgan fingerprint density at radius 3 is 2.00 bits per heavy atom. The molecule has 0 spiro atoms. The Hall–Kier alpha value is -2.94. The average molecular weight is 689 g/mol. The summed E-state index contributed by atoms with van der Waals surface area (Å²) < 4.78 is 10.9. The van der Waals surface area contributed by atoms with E-state index in [4.69, 9.17) is 9.47 Å². The van der Waals surface area contributed by atoms with Crippen LogP contribution < -0.4 is 10.6 Å². The SMILES string of the molecule is CC[C@@H](O)[C@@H](O)[C@H](CO[C@H]1OC(CO)[C@H](O)C(O)C1O)NC(=O)CCCCCCCCCCCNC(=O)c1ccc(-c2ccccc2)cc1. The van der Waals surface area contributed by atoms with E-state index in [0.717, 1.165) is 62.5 Å². The highest BCUT2D eigenvalue weighted by Crippen LogP contribution is 2.23. The lowest BCUT2D eigenvalue weighted by molar-refractivity contribution is -0.303. The molecule has 12 heteroatoms. The van der Waals surface area contributed by atoms with Crippen molar-refractivity contribution >= 4 is 11.8 Å². The fraction of sp³-hybridized carbons (Fsp3) is 0.622. The maximum absolute atomic E-state index is 12.7. The number of amides is 2. The van der Waals surface area contributed by atoms with Crippen LogP contribution in [-0.2, 0) is 14.3 Å². The summed E-state index contributed by atoms with van der Waals surface area (Å²) in [5, 5.41) is 66.0. The average Bonchev–Trinajstić information content (AvgIpc) is 3.13. The number of benzene rings is 2. The van der Waals surface area contributed by atoms with Crippen molar-refractivity contribution in [1.82, 2.24) is 10.6 Å². The molecular weight excluding hydrogens is 632 g/mol. The Balaban J connectivity index is 1.23. The van der Waals surface area contributed by atoms with E-state index in [1.165, 1.54) is 0 Å². The lowest BCUT2D eigenvalue weighted by Gasteiger charge is -2.40. The zero-order valence-electron chi connectivity index (χ0n) is 28.5. The minimum atomic E-state index is -1.62. The van der Waals surface area contributed by atoms with Crippen LogP contribution in [0.15, 0.2) is 54.6 Å². The minimum Gasteiger partial charge on any atom is -0.394 e. The van der Waals surface area contributed by atoms with Crippen LogP contribution in [0.3, 0.4) is 0 Å². The first-order valence-corrected chi connectivity index (χ1v) is 17.7. The lowest BCUT2D eigenvalue weighted by Crippen LogP contribution is -2.60. The second kappa shape index (κ2) is 22.0. The van der Waals surface area contributed by atoms with E-state index in [0.29, 0.717) is 18.5 Å². The van der Waals surface area contributed by atoms with E-state index >= 15 is 0 Å². The van der Waals surface area contributed by atoms with Crippen LogP contribution in [0.4, 0.5) is 0 Å². The molecule has 0 aromatic heterocycles. The first kappa shape index (κ1) is 40.5. The predicted octanol–water partition coefficient (Wildman–Crippen LogP) is 2.42. The summed E-state index contributed by atoms with van der Waals surface area (Å²) in [7, 11) is 0. The van der Waals surface area contributed by atoms with Crippen molar-refractivity contribution in [1.29, 1.82) is 0 Å². The van der Waals surface area contributed by atoms with Crippen LogP contribution in [-0.4, -0.2) is 111 Å². The van der Waals surface area contributed by atoms with Gasteiger partial charge in [0.15, 0.2) is 6.29 Å². The Labute approximate surface area is 289 Å². The molecule has 12 nitrogen and oxygen atoms in total. The van der Waals surface area contributed by atoms with Gasteiger partial charge in [-0.2, -0.15) is 0 Å². The van der Waals surface area contributed by atoms with Crippen LogP contribution in [0.1, 0.15) is 87.9 Å². The molecule has 0 bridgehead atoms. The van der Waals surface area contributed by atoms with E-state index in [-0.39, 0.29) is 31.3 Å². The van der Waals surface area contributed by atoms with Crippen molar-refractivity contribution in [2.45, 2.75) is 127 Å². The minimum absolute atomic E-state index is 0.0556. The highest BCUT2D eigenvalue weighted by atomic mass is 16.7. The molecule has 3 rings (SSSR count). The Morgan fingerprint density at radius 1 is 0.796 bits per heavy atom. The van der Waals surface area contributed by atoms with Gasteiger partial charge in [0.2, 0.25) is 5.91 Å². The summed E-state index contributed by atoms with van der Waals surface area (Å²) in [5.41, 5.74) is 2.86. The maximum Gasteiger partial charge on any atom is 0.251 e. The lowest BCUT2D eigenvalue weighted by atomic mass is 9.99. The van der Waals surface area contributed by atoms with Gasteiger partial charge in [-0.15, -0.1) is 0 Å². The van der Waals surface area contributed by atoms with Crippen LogP contribution in [0.2, 0.25) is 0 Å². The predicted molar refractivity (Wildman–Crippen MR) is 184 cm³/mol. The summed E-state index contributed by atoms with van der Waals surface area (Å²) in [6, 6.07) is 16.7. The molecule has 8 atom stereocenters. The molecule has 1 fully saturated rings. The second-order valence-electron chi connectivity index (χ2n) is 12.8. The van der Waals surface area contributed by atoms with Crippen molar-refractivity contribution in [3.63, 3.8) is 0 Å². The van der Waals surface area contributed by atoms with Crippen molar-refractivity contribution in [2.24, 2.45) is 0 Å². The van der Waals surface area contributed by atoms with Gasteiger partial charge in [0.1, 0.15) is 30.5 Å². The van der Waals surface area contributed by atoms with E-state index in [1.807, 2.05) is 54.6 Å². The molecule has 49 heavy (non-hydrogen) atoms. The van der Waals surface area contributed by atoms with Gasteiger partial charge in [-0.05, 0) is 42.5 Å². The zero-order valence-corrected chi connectivity index (χ0v) is 28.5. The Bertz CT molecular complexity index is 1220. The molecule has 2 aromatic rings. The van der Waals surface area contributed by atoms with E-state index in [2.05, 4.69) is 10.6 Å². The highest BCUT2D eigenvalue weighted by molar-refractivity contribution is 5.94. The molecule has 0 saturated carbocycles. The molecule has 1 aliphatic heterocycles. The first-order chi connectivity index (χ1) is 23.7. The molecule has 274 valence electrons. The van der Waals surface area contributed by atoms with E-state index in [1.54, 1.807) is 6.92 Å². The number of ether oxygens (including phenoxy) is 2. The quantitative estimate of drug-likeness (QED) is 0.0851. The normalized spacial score (nSPS) is 22.6. The first-order valence-electron chi connectivity index (χ1n) is 17.7. The molecular formula is C37H56N2O10. The van der Waals surface area contributed by atoms with Gasteiger partial charge < -0.3 is 50.7 Å². The van der Waals surface area contributed by atoms with E-state index in [9.17, 15) is 40.2 Å². The topological polar surface area (TPSA) is 198 Å². The smallest absolute Gasteiger partial charge is 0.251 e. The largest absolute Gasteiger partial charge is 0.394 e. The molecule has 2 amide bonds.